The van der Waals surface area contributed by atoms with Gasteiger partial charge in [-0.3, -0.25) is 4.90 Å². The Morgan fingerprint density at radius 1 is 1.50 bits per heavy atom. The van der Waals surface area contributed by atoms with Gasteiger partial charge in [0.2, 0.25) is 5.89 Å². The summed E-state index contributed by atoms with van der Waals surface area (Å²) >= 11 is 6.00. The Morgan fingerprint density at radius 2 is 2.40 bits per heavy atom. The molecule has 0 saturated carbocycles. The van der Waals surface area contributed by atoms with Gasteiger partial charge in [-0.1, -0.05) is 23.7 Å². The first-order valence-corrected chi connectivity index (χ1v) is 7.25. The van der Waals surface area contributed by atoms with E-state index in [9.17, 15) is 0 Å². The van der Waals surface area contributed by atoms with E-state index in [4.69, 9.17) is 16.0 Å². The summed E-state index contributed by atoms with van der Waals surface area (Å²) in [5, 5.41) is 4.08. The van der Waals surface area contributed by atoms with E-state index in [0.29, 0.717) is 11.1 Å². The zero-order valence-electron chi connectivity index (χ0n) is 11.5. The minimum Gasteiger partial charge on any atom is -0.439 e. The number of rotatable bonds is 3. The van der Waals surface area contributed by atoms with Crippen LogP contribution in [0, 0.1) is 0 Å². The van der Waals surface area contributed by atoms with Gasteiger partial charge in [0.25, 0.3) is 0 Å². The van der Waals surface area contributed by atoms with Gasteiger partial charge in [0.15, 0.2) is 5.76 Å². The molecule has 1 saturated heterocycles. The molecule has 1 aromatic heterocycles. The highest BCUT2D eigenvalue weighted by atomic mass is 35.5. The highest BCUT2D eigenvalue weighted by molar-refractivity contribution is 6.30. The van der Waals surface area contributed by atoms with Gasteiger partial charge in [0, 0.05) is 36.3 Å². The quantitative estimate of drug-likeness (QED) is 0.944. The number of benzene rings is 1. The normalized spacial score (nSPS) is 20.2. The molecule has 1 fully saturated rings. The molecule has 1 N–H and O–H groups in total. The van der Waals surface area contributed by atoms with Crippen molar-refractivity contribution in [1.82, 2.24) is 15.2 Å². The molecular formula is C15H18ClN3O. The average molecular weight is 292 g/mol. The van der Waals surface area contributed by atoms with Crippen LogP contribution >= 0.6 is 11.6 Å². The third-order valence-corrected chi connectivity index (χ3v) is 3.88. The Bertz CT molecular complexity index is 584. The second-order valence-corrected chi connectivity index (χ2v) is 5.59. The lowest BCUT2D eigenvalue weighted by Gasteiger charge is -2.32. The second kappa shape index (κ2) is 5.95. The number of nitrogens with zero attached hydrogens (tertiary/aromatic N) is 2. The molecule has 5 heteroatoms. The Balaban J connectivity index is 1.73. The Morgan fingerprint density at radius 3 is 3.20 bits per heavy atom. The predicted molar refractivity (Wildman–Crippen MR) is 79.7 cm³/mol. The molecule has 1 aliphatic heterocycles. The van der Waals surface area contributed by atoms with E-state index >= 15 is 0 Å². The van der Waals surface area contributed by atoms with Gasteiger partial charge in [-0.05, 0) is 19.1 Å². The van der Waals surface area contributed by atoms with E-state index in [1.54, 1.807) is 6.20 Å². The van der Waals surface area contributed by atoms with E-state index in [2.05, 4.69) is 22.1 Å². The molecule has 2 heterocycles. The van der Waals surface area contributed by atoms with Crippen molar-refractivity contribution in [2.75, 3.05) is 19.6 Å². The lowest BCUT2D eigenvalue weighted by molar-refractivity contribution is 0.151. The molecule has 0 amide bonds. The van der Waals surface area contributed by atoms with Crippen LogP contribution in [0.2, 0.25) is 5.02 Å². The fraction of sp³-hybridized carbons (Fsp3) is 0.400. The number of hydrogen-bond acceptors (Lipinski definition) is 4. The molecular weight excluding hydrogens is 274 g/mol. The Hall–Kier alpha value is -1.36. The molecule has 4 nitrogen and oxygen atoms in total. The van der Waals surface area contributed by atoms with Crippen molar-refractivity contribution in [1.29, 1.82) is 0 Å². The van der Waals surface area contributed by atoms with Gasteiger partial charge < -0.3 is 9.73 Å². The van der Waals surface area contributed by atoms with Crippen molar-refractivity contribution in [3.05, 3.63) is 41.4 Å². The first-order valence-electron chi connectivity index (χ1n) is 6.88. The molecule has 2 aromatic rings. The molecule has 0 aliphatic carbocycles. The summed E-state index contributed by atoms with van der Waals surface area (Å²) in [6, 6.07) is 8.14. The van der Waals surface area contributed by atoms with Crippen LogP contribution in [-0.4, -0.2) is 35.6 Å². The minimum atomic E-state index is 0.505. The molecule has 0 bridgehead atoms. The summed E-state index contributed by atoms with van der Waals surface area (Å²) in [4.78, 5) is 6.76. The molecule has 1 aliphatic rings. The SMILES string of the molecule is C[C@H]1CNCCN1Cc1ncc(-c2cccc(Cl)c2)o1. The summed E-state index contributed by atoms with van der Waals surface area (Å²) in [6.45, 7) is 6.03. The van der Waals surface area contributed by atoms with Crippen molar-refractivity contribution < 1.29 is 4.42 Å². The number of halogens is 1. The van der Waals surface area contributed by atoms with Gasteiger partial charge in [-0.2, -0.15) is 0 Å². The Labute approximate surface area is 123 Å². The van der Waals surface area contributed by atoms with Crippen LogP contribution in [0.15, 0.2) is 34.9 Å². The predicted octanol–water partition coefficient (Wildman–Crippen LogP) is 2.79. The van der Waals surface area contributed by atoms with Crippen LogP contribution in [0.3, 0.4) is 0 Å². The van der Waals surface area contributed by atoms with Crippen LogP contribution in [0.4, 0.5) is 0 Å². The minimum absolute atomic E-state index is 0.505. The van der Waals surface area contributed by atoms with Crippen LogP contribution in [0.1, 0.15) is 12.8 Å². The maximum absolute atomic E-state index is 6.00. The number of nitrogens with one attached hydrogen (secondary N) is 1. The molecule has 0 spiro atoms. The smallest absolute Gasteiger partial charge is 0.209 e. The summed E-state index contributed by atoms with van der Waals surface area (Å²) < 4.78 is 5.84. The zero-order chi connectivity index (χ0) is 13.9. The monoisotopic (exact) mass is 291 g/mol. The van der Waals surface area contributed by atoms with Crippen molar-refractivity contribution in [3.8, 4) is 11.3 Å². The van der Waals surface area contributed by atoms with Crippen molar-refractivity contribution in [2.24, 2.45) is 0 Å². The van der Waals surface area contributed by atoms with E-state index < -0.39 is 0 Å². The summed E-state index contributed by atoms with van der Waals surface area (Å²) in [7, 11) is 0. The van der Waals surface area contributed by atoms with Gasteiger partial charge in [0.05, 0.1) is 12.7 Å². The van der Waals surface area contributed by atoms with Crippen LogP contribution in [0.5, 0.6) is 0 Å². The molecule has 0 radical (unpaired) electrons. The standard InChI is InChI=1S/C15H18ClN3O/c1-11-8-17-5-6-19(11)10-15-18-9-14(20-15)12-3-2-4-13(16)7-12/h2-4,7,9,11,17H,5-6,8,10H2,1H3/t11-/m0/s1. The lowest BCUT2D eigenvalue weighted by atomic mass is 10.2. The van der Waals surface area contributed by atoms with Crippen LogP contribution < -0.4 is 5.32 Å². The van der Waals surface area contributed by atoms with Gasteiger partial charge in [-0.15, -0.1) is 0 Å². The van der Waals surface area contributed by atoms with Gasteiger partial charge in [-0.25, -0.2) is 4.98 Å². The molecule has 0 unspecified atom stereocenters. The summed E-state index contributed by atoms with van der Waals surface area (Å²) in [5.41, 5.74) is 0.963. The lowest BCUT2D eigenvalue weighted by Crippen LogP contribution is -2.49. The third-order valence-electron chi connectivity index (χ3n) is 3.64. The summed E-state index contributed by atoms with van der Waals surface area (Å²) in [6.07, 6.45) is 1.77. The molecule has 1 atom stereocenters. The van der Waals surface area contributed by atoms with Gasteiger partial charge >= 0.3 is 0 Å². The topological polar surface area (TPSA) is 41.3 Å². The first kappa shape index (κ1) is 13.6. The van der Waals surface area contributed by atoms with Gasteiger partial charge in [0.1, 0.15) is 0 Å². The highest BCUT2D eigenvalue weighted by Gasteiger charge is 2.20. The molecule has 20 heavy (non-hydrogen) atoms. The summed E-state index contributed by atoms with van der Waals surface area (Å²) in [5.74, 6) is 1.53. The number of oxazole rings is 1. The second-order valence-electron chi connectivity index (χ2n) is 5.15. The molecule has 3 rings (SSSR count). The first-order chi connectivity index (χ1) is 9.72. The van der Waals surface area contributed by atoms with Crippen LogP contribution in [0.25, 0.3) is 11.3 Å². The van der Waals surface area contributed by atoms with Crippen molar-refractivity contribution in [2.45, 2.75) is 19.5 Å². The van der Waals surface area contributed by atoms with E-state index in [0.717, 1.165) is 43.4 Å². The Kier molecular flexibility index (Phi) is 4.05. The maximum Gasteiger partial charge on any atom is 0.209 e. The maximum atomic E-state index is 6.00. The fourth-order valence-electron chi connectivity index (χ4n) is 2.45. The average Bonchev–Trinajstić information content (AvgIpc) is 2.90. The van der Waals surface area contributed by atoms with Crippen molar-refractivity contribution >= 4 is 11.6 Å². The molecule has 1 aromatic carbocycles. The number of piperazine rings is 1. The van der Waals surface area contributed by atoms with E-state index in [-0.39, 0.29) is 0 Å². The fourth-order valence-corrected chi connectivity index (χ4v) is 2.64. The molecule has 106 valence electrons. The van der Waals surface area contributed by atoms with Crippen molar-refractivity contribution in [3.63, 3.8) is 0 Å². The van der Waals surface area contributed by atoms with E-state index in [1.165, 1.54) is 0 Å². The van der Waals surface area contributed by atoms with E-state index in [1.807, 2.05) is 24.3 Å². The third kappa shape index (κ3) is 3.03. The largest absolute Gasteiger partial charge is 0.439 e. The zero-order valence-corrected chi connectivity index (χ0v) is 12.2. The number of hydrogen-bond donors (Lipinski definition) is 1. The number of aromatic nitrogens is 1. The highest BCUT2D eigenvalue weighted by Crippen LogP contribution is 2.24. The van der Waals surface area contributed by atoms with Crippen LogP contribution in [-0.2, 0) is 6.54 Å².